The van der Waals surface area contributed by atoms with Crippen LogP contribution in [0.1, 0.15) is 0 Å². The predicted molar refractivity (Wildman–Crippen MR) is 117 cm³/mol. The summed E-state index contributed by atoms with van der Waals surface area (Å²) >= 11 is 3.51. The first-order chi connectivity index (χ1) is 13.4. The third-order valence-electron chi connectivity index (χ3n) is 5.06. The highest BCUT2D eigenvalue weighted by atomic mass is 79.9. The molecule has 28 heavy (non-hydrogen) atoms. The SMILES string of the molecule is C[Si](C)(C)CCOCn1cc(-c2cn(CC3COC3)c3cnc(Br)cc23)cn1. The molecule has 6 nitrogen and oxygen atoms in total. The van der Waals surface area contributed by atoms with Crippen LogP contribution >= 0.6 is 15.9 Å². The van der Waals surface area contributed by atoms with Gasteiger partial charge >= 0.3 is 0 Å². The molecule has 0 saturated carbocycles. The minimum absolute atomic E-state index is 0.494. The van der Waals surface area contributed by atoms with Gasteiger partial charge in [-0.05, 0) is 28.0 Å². The van der Waals surface area contributed by atoms with Crippen molar-refractivity contribution in [3.05, 3.63) is 35.5 Å². The van der Waals surface area contributed by atoms with Crippen molar-refractivity contribution in [2.45, 2.75) is 39.0 Å². The third-order valence-corrected chi connectivity index (χ3v) is 7.20. The molecule has 3 aromatic heterocycles. The third kappa shape index (κ3) is 4.56. The molecule has 1 aliphatic heterocycles. The van der Waals surface area contributed by atoms with Crippen molar-refractivity contribution < 1.29 is 9.47 Å². The molecule has 150 valence electrons. The monoisotopic (exact) mass is 462 g/mol. The number of pyridine rings is 1. The van der Waals surface area contributed by atoms with E-state index in [4.69, 9.17) is 9.47 Å². The zero-order valence-electron chi connectivity index (χ0n) is 16.7. The van der Waals surface area contributed by atoms with Gasteiger partial charge in [0, 0.05) is 56.1 Å². The van der Waals surface area contributed by atoms with Gasteiger partial charge in [-0.1, -0.05) is 19.6 Å². The van der Waals surface area contributed by atoms with Gasteiger partial charge in [0.05, 0.1) is 31.1 Å². The van der Waals surface area contributed by atoms with Crippen molar-refractivity contribution in [3.63, 3.8) is 0 Å². The minimum Gasteiger partial charge on any atom is -0.381 e. The summed E-state index contributed by atoms with van der Waals surface area (Å²) in [5, 5.41) is 5.68. The molecule has 4 rings (SSSR count). The Morgan fingerprint density at radius 3 is 2.79 bits per heavy atom. The first kappa shape index (κ1) is 19.8. The molecular formula is C20H27BrN4O2Si. The summed E-state index contributed by atoms with van der Waals surface area (Å²) in [6.45, 7) is 11.0. The fraction of sp³-hybridized carbons (Fsp3) is 0.500. The molecule has 8 heteroatoms. The largest absolute Gasteiger partial charge is 0.381 e. The summed E-state index contributed by atoms with van der Waals surface area (Å²) in [6.07, 6.45) is 8.13. The smallest absolute Gasteiger partial charge is 0.139 e. The van der Waals surface area contributed by atoms with Crippen LogP contribution in [0.15, 0.2) is 35.5 Å². The normalized spacial score (nSPS) is 15.3. The Kier molecular flexibility index (Phi) is 5.73. The molecule has 0 radical (unpaired) electrons. The number of halogens is 1. The van der Waals surface area contributed by atoms with Gasteiger partial charge < -0.3 is 14.0 Å². The fourth-order valence-corrected chi connectivity index (χ4v) is 4.41. The van der Waals surface area contributed by atoms with Crippen LogP contribution in [0.5, 0.6) is 0 Å². The predicted octanol–water partition coefficient (Wildman–Crippen LogP) is 4.62. The molecule has 0 atom stereocenters. The molecule has 0 aromatic carbocycles. The van der Waals surface area contributed by atoms with Crippen molar-refractivity contribution in [2.75, 3.05) is 19.8 Å². The van der Waals surface area contributed by atoms with E-state index in [1.54, 1.807) is 0 Å². The van der Waals surface area contributed by atoms with E-state index in [0.29, 0.717) is 12.6 Å². The molecule has 0 aliphatic carbocycles. The van der Waals surface area contributed by atoms with Gasteiger partial charge in [0.1, 0.15) is 11.3 Å². The Morgan fingerprint density at radius 2 is 2.07 bits per heavy atom. The van der Waals surface area contributed by atoms with E-state index in [2.05, 4.69) is 68.7 Å². The summed E-state index contributed by atoms with van der Waals surface area (Å²) in [4.78, 5) is 4.43. The van der Waals surface area contributed by atoms with Crippen LogP contribution < -0.4 is 0 Å². The van der Waals surface area contributed by atoms with Crippen LogP contribution in [0, 0.1) is 5.92 Å². The van der Waals surface area contributed by atoms with Crippen molar-refractivity contribution in [1.29, 1.82) is 0 Å². The lowest BCUT2D eigenvalue weighted by molar-refractivity contribution is -0.0388. The van der Waals surface area contributed by atoms with Crippen LogP contribution in [0.2, 0.25) is 25.7 Å². The second-order valence-electron chi connectivity index (χ2n) is 8.74. The standard InChI is InChI=1S/C20H27BrN4O2Si/c1-28(2,3)5-4-26-14-25-10-16(7-23-25)18-11-24(9-15-12-27-13-15)19-8-22-20(21)6-17(18)19/h6-8,10-11,15H,4-5,9,12-14H2,1-3H3. The number of nitrogens with zero attached hydrogens (tertiary/aromatic N) is 4. The van der Waals surface area contributed by atoms with E-state index in [0.717, 1.165) is 42.0 Å². The van der Waals surface area contributed by atoms with E-state index in [1.807, 2.05) is 17.1 Å². The van der Waals surface area contributed by atoms with Gasteiger partial charge in [-0.2, -0.15) is 5.10 Å². The number of fused-ring (bicyclic) bond motifs is 1. The average molecular weight is 463 g/mol. The molecule has 0 amide bonds. The van der Waals surface area contributed by atoms with E-state index in [1.165, 1.54) is 17.0 Å². The lowest BCUT2D eigenvalue weighted by atomic mass is 10.1. The summed E-state index contributed by atoms with van der Waals surface area (Å²) in [7, 11) is -1.06. The highest BCUT2D eigenvalue weighted by Crippen LogP contribution is 2.32. The van der Waals surface area contributed by atoms with Crippen molar-refractivity contribution in [3.8, 4) is 11.1 Å². The van der Waals surface area contributed by atoms with E-state index in [-0.39, 0.29) is 0 Å². The van der Waals surface area contributed by atoms with Gasteiger partial charge in [0.15, 0.2) is 0 Å². The lowest BCUT2D eigenvalue weighted by Crippen LogP contribution is -2.31. The number of aromatic nitrogens is 4. The molecule has 0 spiro atoms. The quantitative estimate of drug-likeness (QED) is 0.278. The van der Waals surface area contributed by atoms with Gasteiger partial charge in [-0.25, -0.2) is 9.67 Å². The van der Waals surface area contributed by atoms with Crippen LogP contribution in [0.25, 0.3) is 22.0 Å². The molecule has 1 aliphatic rings. The topological polar surface area (TPSA) is 54.1 Å². The van der Waals surface area contributed by atoms with Gasteiger partial charge in [-0.3, -0.25) is 0 Å². The second-order valence-corrected chi connectivity index (χ2v) is 15.2. The maximum Gasteiger partial charge on any atom is 0.139 e. The maximum absolute atomic E-state index is 5.83. The molecule has 0 unspecified atom stereocenters. The fourth-order valence-electron chi connectivity index (χ4n) is 3.32. The van der Waals surface area contributed by atoms with Gasteiger partial charge in [0.25, 0.3) is 0 Å². The molecule has 4 heterocycles. The average Bonchev–Trinajstić information content (AvgIpc) is 3.18. The Morgan fingerprint density at radius 1 is 1.25 bits per heavy atom. The van der Waals surface area contributed by atoms with Crippen molar-refractivity contribution in [1.82, 2.24) is 19.3 Å². The Bertz CT molecular complexity index is 959. The number of hydrogen-bond acceptors (Lipinski definition) is 4. The zero-order valence-corrected chi connectivity index (χ0v) is 19.3. The number of rotatable bonds is 8. The van der Waals surface area contributed by atoms with Crippen LogP contribution in [0.3, 0.4) is 0 Å². The molecular weight excluding hydrogens is 436 g/mol. The van der Waals surface area contributed by atoms with E-state index in [9.17, 15) is 0 Å². The molecule has 0 bridgehead atoms. The Labute approximate surface area is 175 Å². The van der Waals surface area contributed by atoms with Gasteiger partial charge in [-0.15, -0.1) is 0 Å². The Balaban J connectivity index is 1.53. The summed E-state index contributed by atoms with van der Waals surface area (Å²) in [6, 6.07) is 3.25. The highest BCUT2D eigenvalue weighted by Gasteiger charge is 2.21. The van der Waals surface area contributed by atoms with Crippen LogP contribution in [-0.2, 0) is 22.7 Å². The zero-order chi connectivity index (χ0) is 19.7. The summed E-state index contributed by atoms with van der Waals surface area (Å²) in [5.41, 5.74) is 3.41. The number of hydrogen-bond donors (Lipinski definition) is 0. The minimum atomic E-state index is -1.06. The van der Waals surface area contributed by atoms with E-state index < -0.39 is 8.07 Å². The first-order valence-electron chi connectivity index (χ1n) is 9.72. The van der Waals surface area contributed by atoms with Crippen LogP contribution in [-0.4, -0.2) is 47.2 Å². The van der Waals surface area contributed by atoms with Crippen molar-refractivity contribution >= 4 is 34.9 Å². The molecule has 0 N–H and O–H groups in total. The summed E-state index contributed by atoms with van der Waals surface area (Å²) in [5.74, 6) is 0.578. The van der Waals surface area contributed by atoms with Crippen molar-refractivity contribution in [2.24, 2.45) is 5.92 Å². The first-order valence-corrected chi connectivity index (χ1v) is 14.2. The van der Waals surface area contributed by atoms with Crippen LogP contribution in [0.4, 0.5) is 0 Å². The summed E-state index contributed by atoms with van der Waals surface area (Å²) < 4.78 is 16.2. The molecule has 1 saturated heterocycles. The highest BCUT2D eigenvalue weighted by molar-refractivity contribution is 9.10. The second kappa shape index (κ2) is 8.10. The lowest BCUT2D eigenvalue weighted by Gasteiger charge is -2.26. The number of ether oxygens (including phenoxy) is 2. The Hall–Kier alpha value is -1.48. The molecule has 3 aromatic rings. The van der Waals surface area contributed by atoms with E-state index >= 15 is 0 Å². The van der Waals surface area contributed by atoms with Gasteiger partial charge in [0.2, 0.25) is 0 Å². The molecule has 1 fully saturated rings. The maximum atomic E-state index is 5.83.